The Morgan fingerprint density at radius 3 is 2.38 bits per heavy atom. The van der Waals surface area contributed by atoms with Gasteiger partial charge in [-0.25, -0.2) is 13.8 Å². The standard InChI is InChI=1S/C32H30F2N4O4/c1-32(40)17-38(18-32)22-9-8-21(35-14-22)11-20-12-26(30-24(33)5-4-6-25(30)34)36-27-16-37(31(39)29(20)27)15-19-7-10-23(41-2)13-28(19)42-3/h4-10,12-14,40H,11,15-18H2,1-3H3. The second kappa shape index (κ2) is 10.7. The van der Waals surface area contributed by atoms with Gasteiger partial charge < -0.3 is 24.4 Å². The number of fused-ring (bicyclic) bond motifs is 1. The Bertz CT molecular complexity index is 1650. The van der Waals surface area contributed by atoms with Crippen molar-refractivity contribution in [3.05, 3.63) is 101 Å². The van der Waals surface area contributed by atoms with Crippen molar-refractivity contribution in [3.63, 3.8) is 0 Å². The number of carbonyl (C=O) groups is 1. The number of hydrogen-bond acceptors (Lipinski definition) is 7. The molecule has 2 aromatic heterocycles. The fourth-order valence-electron chi connectivity index (χ4n) is 5.63. The molecule has 4 aromatic rings. The Hall–Kier alpha value is -4.57. The summed E-state index contributed by atoms with van der Waals surface area (Å²) in [4.78, 5) is 26.6. The first-order chi connectivity index (χ1) is 20.2. The molecular formula is C32H30F2N4O4. The Balaban J connectivity index is 1.35. The predicted molar refractivity (Wildman–Crippen MR) is 153 cm³/mol. The molecule has 2 aliphatic rings. The van der Waals surface area contributed by atoms with E-state index in [0.29, 0.717) is 47.1 Å². The molecule has 0 saturated carbocycles. The minimum absolute atomic E-state index is 0.121. The summed E-state index contributed by atoms with van der Waals surface area (Å²) in [7, 11) is 3.12. The van der Waals surface area contributed by atoms with Gasteiger partial charge in [-0.15, -0.1) is 0 Å². The van der Waals surface area contributed by atoms with Gasteiger partial charge in [0.05, 0.1) is 67.3 Å². The lowest BCUT2D eigenvalue weighted by molar-refractivity contribution is 0.0310. The molecule has 4 heterocycles. The first-order valence-corrected chi connectivity index (χ1v) is 13.6. The summed E-state index contributed by atoms with van der Waals surface area (Å²) in [6.07, 6.45) is 1.99. The van der Waals surface area contributed by atoms with Crippen molar-refractivity contribution in [1.82, 2.24) is 14.9 Å². The minimum atomic E-state index is -0.731. The predicted octanol–water partition coefficient (Wildman–Crippen LogP) is 4.76. The molecule has 0 radical (unpaired) electrons. The van der Waals surface area contributed by atoms with Crippen LogP contribution < -0.4 is 14.4 Å². The van der Waals surface area contributed by atoms with Crippen molar-refractivity contribution < 1.29 is 28.2 Å². The van der Waals surface area contributed by atoms with Crippen molar-refractivity contribution in [3.8, 4) is 22.8 Å². The molecule has 6 rings (SSSR count). The fourth-order valence-corrected chi connectivity index (χ4v) is 5.63. The van der Waals surface area contributed by atoms with Crippen molar-refractivity contribution >= 4 is 11.6 Å². The molecule has 1 saturated heterocycles. The van der Waals surface area contributed by atoms with Gasteiger partial charge in [0.2, 0.25) is 0 Å². The van der Waals surface area contributed by atoms with E-state index in [1.54, 1.807) is 50.4 Å². The summed E-state index contributed by atoms with van der Waals surface area (Å²) >= 11 is 0. The molecule has 216 valence electrons. The molecule has 8 nitrogen and oxygen atoms in total. The van der Waals surface area contributed by atoms with Gasteiger partial charge in [-0.05, 0) is 55.0 Å². The van der Waals surface area contributed by atoms with Crippen LogP contribution in [0.25, 0.3) is 11.3 Å². The van der Waals surface area contributed by atoms with Crippen LogP contribution in [-0.4, -0.2) is 58.8 Å². The highest BCUT2D eigenvalue weighted by Gasteiger charge is 2.37. The number of anilines is 1. The van der Waals surface area contributed by atoms with Gasteiger partial charge in [-0.1, -0.05) is 6.07 Å². The molecule has 1 fully saturated rings. The van der Waals surface area contributed by atoms with E-state index in [-0.39, 0.29) is 36.7 Å². The number of benzene rings is 2. The van der Waals surface area contributed by atoms with Crippen LogP contribution in [0.3, 0.4) is 0 Å². The first kappa shape index (κ1) is 27.6. The number of nitrogens with zero attached hydrogens (tertiary/aromatic N) is 4. The maximum absolute atomic E-state index is 14.8. The van der Waals surface area contributed by atoms with Crippen LogP contribution in [-0.2, 0) is 19.5 Å². The number of rotatable bonds is 8. The summed E-state index contributed by atoms with van der Waals surface area (Å²) in [5, 5.41) is 10.1. The average Bonchev–Trinajstić information content (AvgIpc) is 3.27. The number of methoxy groups -OCH3 is 2. The number of aliphatic hydroxyl groups is 1. The summed E-state index contributed by atoms with van der Waals surface area (Å²) in [5.74, 6) is -0.486. The van der Waals surface area contributed by atoms with E-state index in [9.17, 15) is 18.7 Å². The number of ether oxygens (including phenoxy) is 2. The van der Waals surface area contributed by atoms with Gasteiger partial charge in [0.15, 0.2) is 0 Å². The van der Waals surface area contributed by atoms with E-state index in [4.69, 9.17) is 9.47 Å². The molecule has 0 spiro atoms. The zero-order chi connectivity index (χ0) is 29.6. The van der Waals surface area contributed by atoms with Crippen LogP contribution >= 0.6 is 0 Å². The monoisotopic (exact) mass is 572 g/mol. The smallest absolute Gasteiger partial charge is 0.256 e. The largest absolute Gasteiger partial charge is 0.497 e. The maximum Gasteiger partial charge on any atom is 0.256 e. The number of aromatic nitrogens is 2. The van der Waals surface area contributed by atoms with Gasteiger partial charge in [0.1, 0.15) is 23.1 Å². The molecule has 0 bridgehead atoms. The second-order valence-electron chi connectivity index (χ2n) is 11.0. The number of carbonyl (C=O) groups excluding carboxylic acids is 1. The Labute approximate surface area is 242 Å². The van der Waals surface area contributed by atoms with Crippen molar-refractivity contribution in [2.75, 3.05) is 32.2 Å². The number of β-amino-alcohol motifs (C(OH)–C–C–N with tert-alkyl or cyclic N) is 1. The van der Waals surface area contributed by atoms with E-state index < -0.39 is 17.2 Å². The lowest BCUT2D eigenvalue weighted by atomic mass is 9.96. The molecule has 0 atom stereocenters. The van der Waals surface area contributed by atoms with Crippen molar-refractivity contribution in [1.29, 1.82) is 0 Å². The molecule has 2 aliphatic heterocycles. The fraction of sp³-hybridized carbons (Fsp3) is 0.281. The molecule has 1 N–H and O–H groups in total. The van der Waals surface area contributed by atoms with Gasteiger partial charge in [0, 0.05) is 36.8 Å². The van der Waals surface area contributed by atoms with Crippen LogP contribution in [0.5, 0.6) is 11.5 Å². The Morgan fingerprint density at radius 2 is 1.74 bits per heavy atom. The maximum atomic E-state index is 14.8. The molecule has 1 amide bonds. The summed E-state index contributed by atoms with van der Waals surface area (Å²) in [6, 6.07) is 14.4. The highest BCUT2D eigenvalue weighted by atomic mass is 19.1. The highest BCUT2D eigenvalue weighted by Crippen LogP contribution is 2.35. The third-order valence-electron chi connectivity index (χ3n) is 7.70. The lowest BCUT2D eigenvalue weighted by Gasteiger charge is -2.45. The minimum Gasteiger partial charge on any atom is -0.497 e. The molecule has 10 heteroatoms. The van der Waals surface area contributed by atoms with Gasteiger partial charge in [-0.2, -0.15) is 0 Å². The SMILES string of the molecule is COc1ccc(CN2Cc3nc(-c4c(F)cccc4F)cc(Cc4ccc(N5CC(C)(O)C5)cn4)c3C2=O)c(OC)c1. The van der Waals surface area contributed by atoms with Gasteiger partial charge in [0.25, 0.3) is 5.91 Å². The Kier molecular flexibility index (Phi) is 7.02. The zero-order valence-electron chi connectivity index (χ0n) is 23.5. The van der Waals surface area contributed by atoms with E-state index >= 15 is 0 Å². The van der Waals surface area contributed by atoms with Crippen LogP contribution in [0, 0.1) is 11.6 Å². The van der Waals surface area contributed by atoms with E-state index in [0.717, 1.165) is 11.3 Å². The van der Waals surface area contributed by atoms with Crippen LogP contribution in [0.4, 0.5) is 14.5 Å². The number of halogens is 2. The van der Waals surface area contributed by atoms with E-state index in [1.807, 2.05) is 23.1 Å². The van der Waals surface area contributed by atoms with Crippen LogP contribution in [0.15, 0.2) is 60.8 Å². The van der Waals surface area contributed by atoms with Crippen molar-refractivity contribution in [2.45, 2.75) is 32.0 Å². The third kappa shape index (κ3) is 5.14. The normalized spacial score (nSPS) is 15.4. The van der Waals surface area contributed by atoms with Gasteiger partial charge >= 0.3 is 0 Å². The summed E-state index contributed by atoms with van der Waals surface area (Å²) < 4.78 is 40.5. The molecule has 0 aliphatic carbocycles. The van der Waals surface area contributed by atoms with E-state index in [2.05, 4.69) is 9.97 Å². The number of pyridine rings is 2. The molecule has 42 heavy (non-hydrogen) atoms. The number of hydrogen-bond donors (Lipinski definition) is 1. The highest BCUT2D eigenvalue weighted by molar-refractivity contribution is 5.99. The van der Waals surface area contributed by atoms with Crippen molar-refractivity contribution in [2.24, 2.45) is 0 Å². The van der Waals surface area contributed by atoms with Gasteiger partial charge in [-0.3, -0.25) is 9.78 Å². The number of amides is 1. The van der Waals surface area contributed by atoms with Crippen LogP contribution in [0.1, 0.15) is 39.8 Å². The molecule has 2 aromatic carbocycles. The Morgan fingerprint density at radius 1 is 0.976 bits per heavy atom. The van der Waals surface area contributed by atoms with E-state index in [1.165, 1.54) is 18.2 Å². The lowest BCUT2D eigenvalue weighted by Crippen LogP contribution is -2.60. The second-order valence-corrected chi connectivity index (χ2v) is 11.0. The quantitative estimate of drug-likeness (QED) is 0.326. The summed E-state index contributed by atoms with van der Waals surface area (Å²) in [5.41, 5.74) is 2.96. The molecular weight excluding hydrogens is 542 g/mol. The van der Waals surface area contributed by atoms with Crippen LogP contribution in [0.2, 0.25) is 0 Å². The first-order valence-electron chi connectivity index (χ1n) is 13.6. The summed E-state index contributed by atoms with van der Waals surface area (Å²) in [6.45, 7) is 3.25. The average molecular weight is 573 g/mol. The third-order valence-corrected chi connectivity index (χ3v) is 7.70. The zero-order valence-corrected chi connectivity index (χ0v) is 23.5. The topological polar surface area (TPSA) is 88.0 Å². The molecule has 0 unspecified atom stereocenters.